The van der Waals surface area contributed by atoms with E-state index in [1.54, 1.807) is 24.3 Å². The van der Waals surface area contributed by atoms with Gasteiger partial charge in [-0.2, -0.15) is 13.2 Å². The van der Waals surface area contributed by atoms with E-state index in [1.165, 1.54) is 12.1 Å². The molecule has 1 N–H and O–H groups in total. The van der Waals surface area contributed by atoms with Gasteiger partial charge in [0.05, 0.1) is 18.7 Å². The summed E-state index contributed by atoms with van der Waals surface area (Å²) >= 11 is 0. The summed E-state index contributed by atoms with van der Waals surface area (Å²) in [5.74, 6) is 0.955. The molecule has 0 aliphatic heterocycles. The van der Waals surface area contributed by atoms with Gasteiger partial charge >= 0.3 is 6.18 Å². The van der Waals surface area contributed by atoms with E-state index in [9.17, 15) is 18.0 Å². The maximum absolute atomic E-state index is 12.6. The van der Waals surface area contributed by atoms with Gasteiger partial charge in [-0.15, -0.1) is 0 Å². The summed E-state index contributed by atoms with van der Waals surface area (Å²) in [6, 6.07) is 11.4. The second-order valence-electron chi connectivity index (χ2n) is 5.42. The molecule has 0 bridgehead atoms. The van der Waals surface area contributed by atoms with Crippen LogP contribution in [0, 0.1) is 0 Å². The predicted octanol–water partition coefficient (Wildman–Crippen LogP) is 3.68. The monoisotopic (exact) mass is 383 g/mol. The summed E-state index contributed by atoms with van der Waals surface area (Å²) in [6.07, 6.45) is -4.42. The van der Waals surface area contributed by atoms with E-state index in [1.807, 2.05) is 6.92 Å². The van der Waals surface area contributed by atoms with Crippen LogP contribution in [-0.4, -0.2) is 32.3 Å². The van der Waals surface area contributed by atoms with Gasteiger partial charge in [0, 0.05) is 0 Å². The molecule has 2 rings (SSSR count). The Morgan fingerprint density at radius 2 is 1.63 bits per heavy atom. The highest BCUT2D eigenvalue weighted by Crippen LogP contribution is 2.31. The van der Waals surface area contributed by atoms with E-state index in [0.29, 0.717) is 18.1 Å². The largest absolute Gasteiger partial charge is 0.494 e. The topological polar surface area (TPSA) is 56.8 Å². The number of rotatable bonds is 9. The molecule has 1 amide bonds. The first kappa shape index (κ1) is 20.4. The predicted molar refractivity (Wildman–Crippen MR) is 93.1 cm³/mol. The lowest BCUT2D eigenvalue weighted by atomic mass is 10.2. The van der Waals surface area contributed by atoms with Crippen molar-refractivity contribution in [3.05, 3.63) is 54.1 Å². The SMILES string of the molecule is CCOc1ccc(OCC(=O)NCCOc2cccc(C(F)(F)F)c2)cc1. The number of hydrogen-bond acceptors (Lipinski definition) is 4. The fraction of sp³-hybridized carbons (Fsp3) is 0.316. The lowest BCUT2D eigenvalue weighted by Crippen LogP contribution is -2.32. The number of amides is 1. The minimum Gasteiger partial charge on any atom is -0.494 e. The first-order chi connectivity index (χ1) is 12.9. The molecule has 0 radical (unpaired) electrons. The fourth-order valence-electron chi connectivity index (χ4n) is 2.12. The second-order valence-corrected chi connectivity index (χ2v) is 5.42. The first-order valence-corrected chi connectivity index (χ1v) is 8.31. The van der Waals surface area contributed by atoms with Crippen LogP contribution in [0.3, 0.4) is 0 Å². The van der Waals surface area contributed by atoms with E-state index in [-0.39, 0.29) is 31.4 Å². The van der Waals surface area contributed by atoms with Gasteiger partial charge in [0.15, 0.2) is 6.61 Å². The zero-order chi connectivity index (χ0) is 19.7. The molecule has 27 heavy (non-hydrogen) atoms. The molecule has 0 aromatic heterocycles. The van der Waals surface area contributed by atoms with Crippen molar-refractivity contribution in [1.82, 2.24) is 5.32 Å². The average Bonchev–Trinajstić information content (AvgIpc) is 2.64. The van der Waals surface area contributed by atoms with Crippen LogP contribution in [0.25, 0.3) is 0 Å². The quantitative estimate of drug-likeness (QED) is 0.672. The summed E-state index contributed by atoms with van der Waals surface area (Å²) in [7, 11) is 0. The average molecular weight is 383 g/mol. The van der Waals surface area contributed by atoms with E-state index >= 15 is 0 Å². The maximum atomic E-state index is 12.6. The summed E-state index contributed by atoms with van der Waals surface area (Å²) < 4.78 is 53.7. The van der Waals surface area contributed by atoms with Crippen molar-refractivity contribution in [2.24, 2.45) is 0 Å². The van der Waals surface area contributed by atoms with Crippen LogP contribution in [0.15, 0.2) is 48.5 Å². The van der Waals surface area contributed by atoms with Gasteiger partial charge in [-0.3, -0.25) is 4.79 Å². The van der Waals surface area contributed by atoms with Gasteiger partial charge in [-0.1, -0.05) is 6.07 Å². The Morgan fingerprint density at radius 3 is 2.26 bits per heavy atom. The molecule has 8 heteroatoms. The number of halogens is 3. The van der Waals surface area contributed by atoms with Crippen LogP contribution in [0.1, 0.15) is 12.5 Å². The van der Waals surface area contributed by atoms with Crippen LogP contribution in [0.2, 0.25) is 0 Å². The molecular weight excluding hydrogens is 363 g/mol. The number of carbonyl (C=O) groups is 1. The van der Waals surface area contributed by atoms with Crippen LogP contribution in [0.4, 0.5) is 13.2 Å². The zero-order valence-electron chi connectivity index (χ0n) is 14.7. The van der Waals surface area contributed by atoms with Gasteiger partial charge < -0.3 is 19.5 Å². The molecular formula is C19H20F3NO4. The molecule has 0 heterocycles. The molecule has 0 atom stereocenters. The van der Waals surface area contributed by atoms with E-state index in [2.05, 4.69) is 5.32 Å². The maximum Gasteiger partial charge on any atom is 0.416 e. The normalized spacial score (nSPS) is 11.0. The lowest BCUT2D eigenvalue weighted by Gasteiger charge is -2.11. The number of hydrogen-bond donors (Lipinski definition) is 1. The number of carbonyl (C=O) groups excluding carboxylic acids is 1. The standard InChI is InChI=1S/C19H20F3NO4/c1-2-25-15-6-8-16(9-7-15)27-13-18(24)23-10-11-26-17-5-3-4-14(12-17)19(20,21)22/h3-9,12H,2,10-11,13H2,1H3,(H,23,24). The van der Waals surface area contributed by atoms with Crippen molar-refractivity contribution >= 4 is 5.91 Å². The van der Waals surface area contributed by atoms with Gasteiger partial charge in [-0.25, -0.2) is 0 Å². The highest BCUT2D eigenvalue weighted by Gasteiger charge is 2.30. The summed E-state index contributed by atoms with van der Waals surface area (Å²) in [5.41, 5.74) is -0.784. The van der Waals surface area contributed by atoms with Crippen molar-refractivity contribution in [2.75, 3.05) is 26.4 Å². The van der Waals surface area contributed by atoms with Crippen molar-refractivity contribution in [3.8, 4) is 17.2 Å². The van der Waals surface area contributed by atoms with Crippen molar-refractivity contribution in [1.29, 1.82) is 0 Å². The summed E-state index contributed by atoms with van der Waals surface area (Å²) in [5, 5.41) is 2.56. The second kappa shape index (κ2) is 9.70. The van der Waals surface area contributed by atoms with Crippen LogP contribution >= 0.6 is 0 Å². The van der Waals surface area contributed by atoms with Crippen molar-refractivity contribution < 1.29 is 32.2 Å². The van der Waals surface area contributed by atoms with Crippen molar-refractivity contribution in [3.63, 3.8) is 0 Å². The Morgan fingerprint density at radius 1 is 0.963 bits per heavy atom. The van der Waals surface area contributed by atoms with Gasteiger partial charge in [0.2, 0.25) is 0 Å². The minimum absolute atomic E-state index is 0.0378. The van der Waals surface area contributed by atoms with E-state index < -0.39 is 11.7 Å². The minimum atomic E-state index is -4.42. The van der Waals surface area contributed by atoms with Crippen LogP contribution < -0.4 is 19.5 Å². The number of nitrogens with one attached hydrogen (secondary N) is 1. The molecule has 0 fully saturated rings. The van der Waals surface area contributed by atoms with E-state index in [0.717, 1.165) is 12.1 Å². The summed E-state index contributed by atoms with van der Waals surface area (Å²) in [6.45, 7) is 2.44. The molecule has 5 nitrogen and oxygen atoms in total. The first-order valence-electron chi connectivity index (χ1n) is 8.31. The molecule has 0 unspecified atom stereocenters. The third kappa shape index (κ3) is 7.08. The molecule has 0 aliphatic carbocycles. The third-order valence-corrected chi connectivity index (χ3v) is 3.36. The Bertz CT molecular complexity index is 732. The number of ether oxygens (including phenoxy) is 3. The zero-order valence-corrected chi connectivity index (χ0v) is 14.7. The number of benzene rings is 2. The van der Waals surface area contributed by atoms with Crippen LogP contribution in [0.5, 0.6) is 17.2 Å². The molecule has 0 spiro atoms. The molecule has 2 aromatic rings. The molecule has 0 saturated carbocycles. The lowest BCUT2D eigenvalue weighted by molar-refractivity contribution is -0.137. The third-order valence-electron chi connectivity index (χ3n) is 3.36. The molecule has 146 valence electrons. The molecule has 2 aromatic carbocycles. The molecule has 0 aliphatic rings. The van der Waals surface area contributed by atoms with Crippen LogP contribution in [-0.2, 0) is 11.0 Å². The van der Waals surface area contributed by atoms with Gasteiger partial charge in [0.25, 0.3) is 5.91 Å². The fourth-order valence-corrected chi connectivity index (χ4v) is 2.12. The van der Waals surface area contributed by atoms with Crippen molar-refractivity contribution in [2.45, 2.75) is 13.1 Å². The highest BCUT2D eigenvalue weighted by molar-refractivity contribution is 5.77. The van der Waals surface area contributed by atoms with E-state index in [4.69, 9.17) is 14.2 Å². The highest BCUT2D eigenvalue weighted by atomic mass is 19.4. The Hall–Kier alpha value is -2.90. The summed E-state index contributed by atoms with van der Waals surface area (Å²) in [4.78, 5) is 11.7. The van der Waals surface area contributed by atoms with Gasteiger partial charge in [0.1, 0.15) is 23.9 Å². The molecule has 0 saturated heterocycles. The number of alkyl halides is 3. The Labute approximate surface area is 155 Å². The van der Waals surface area contributed by atoms with Gasteiger partial charge in [-0.05, 0) is 49.4 Å². The smallest absolute Gasteiger partial charge is 0.416 e. The Balaban J connectivity index is 1.67. The Kier molecular flexibility index (Phi) is 7.34.